The minimum absolute atomic E-state index is 0.404. The van der Waals surface area contributed by atoms with Crippen LogP contribution in [0.5, 0.6) is 0 Å². The summed E-state index contributed by atoms with van der Waals surface area (Å²) in [7, 11) is 0. The lowest BCUT2D eigenvalue weighted by molar-refractivity contribution is 0.0286. The van der Waals surface area contributed by atoms with Crippen LogP contribution in [0.1, 0.15) is 19.8 Å². The number of hydrogen-bond acceptors (Lipinski definition) is 4. The summed E-state index contributed by atoms with van der Waals surface area (Å²) in [6, 6.07) is 0. The molecule has 114 valence electrons. The second-order valence-corrected chi connectivity index (χ2v) is 5.38. The third-order valence-electron chi connectivity index (χ3n) is 3.94. The summed E-state index contributed by atoms with van der Waals surface area (Å²) in [4.78, 5) is 4.26. The van der Waals surface area contributed by atoms with E-state index in [4.69, 9.17) is 4.74 Å². The maximum atomic E-state index is 5.96. The van der Waals surface area contributed by atoms with E-state index in [-0.39, 0.29) is 0 Å². The Kier molecular flexibility index (Phi) is 4.67. The monoisotopic (exact) mass is 289 g/mol. The van der Waals surface area contributed by atoms with Crippen LogP contribution in [0, 0.1) is 0 Å². The molecule has 6 nitrogen and oxygen atoms in total. The molecule has 0 aromatic carbocycles. The van der Waals surface area contributed by atoms with Crippen LogP contribution in [-0.2, 0) is 17.8 Å². The van der Waals surface area contributed by atoms with Gasteiger partial charge in [0.15, 0.2) is 0 Å². The summed E-state index contributed by atoms with van der Waals surface area (Å²) in [5.74, 6) is 0. The van der Waals surface area contributed by atoms with Crippen LogP contribution in [0.3, 0.4) is 0 Å². The molecule has 1 N–H and O–H groups in total. The van der Waals surface area contributed by atoms with E-state index in [0.717, 1.165) is 56.9 Å². The van der Waals surface area contributed by atoms with Crippen molar-refractivity contribution >= 4 is 0 Å². The Balaban J connectivity index is 1.57. The van der Waals surface area contributed by atoms with Gasteiger partial charge in [0, 0.05) is 24.8 Å². The third-order valence-corrected chi connectivity index (χ3v) is 3.94. The molecule has 1 aliphatic rings. The number of hydrogen-bond donors (Lipinski definition) is 1. The van der Waals surface area contributed by atoms with Gasteiger partial charge in [0.1, 0.15) is 0 Å². The standard InChI is InChI=1S/C15H23N5O/c1-2-20-11-13(9-18-20)15-10-17-12-19(15)7-8-21-14-3-5-16-6-4-14/h9-12,14,16H,2-8H2,1H3. The molecule has 6 heteroatoms. The molecular weight excluding hydrogens is 266 g/mol. The van der Waals surface area contributed by atoms with Gasteiger partial charge in [-0.25, -0.2) is 4.98 Å². The normalized spacial score (nSPS) is 16.4. The Hall–Kier alpha value is -1.66. The highest BCUT2D eigenvalue weighted by Crippen LogP contribution is 2.18. The first-order valence-electron chi connectivity index (χ1n) is 7.72. The quantitative estimate of drug-likeness (QED) is 0.876. The topological polar surface area (TPSA) is 56.9 Å². The number of aromatic nitrogens is 4. The van der Waals surface area contributed by atoms with Crippen molar-refractivity contribution in [3.8, 4) is 11.3 Å². The van der Waals surface area contributed by atoms with Crippen molar-refractivity contribution in [2.45, 2.75) is 39.0 Å². The van der Waals surface area contributed by atoms with Crippen molar-refractivity contribution < 1.29 is 4.74 Å². The van der Waals surface area contributed by atoms with Gasteiger partial charge in [0.2, 0.25) is 0 Å². The molecule has 2 aromatic rings. The van der Waals surface area contributed by atoms with Crippen LogP contribution in [0.25, 0.3) is 11.3 Å². The summed E-state index contributed by atoms with van der Waals surface area (Å²) < 4.78 is 10.0. The summed E-state index contributed by atoms with van der Waals surface area (Å²) in [5, 5.41) is 7.68. The number of imidazole rings is 1. The summed E-state index contributed by atoms with van der Waals surface area (Å²) in [6.45, 7) is 6.66. The first-order chi connectivity index (χ1) is 10.4. The van der Waals surface area contributed by atoms with Crippen LogP contribution in [0.15, 0.2) is 24.9 Å². The lowest BCUT2D eigenvalue weighted by Gasteiger charge is -2.23. The predicted octanol–water partition coefficient (Wildman–Crippen LogP) is 1.54. The van der Waals surface area contributed by atoms with Crippen molar-refractivity contribution in [1.82, 2.24) is 24.6 Å². The van der Waals surface area contributed by atoms with E-state index in [1.165, 1.54) is 0 Å². The summed E-state index contributed by atoms with van der Waals surface area (Å²) >= 11 is 0. The highest BCUT2D eigenvalue weighted by Gasteiger charge is 2.13. The van der Waals surface area contributed by atoms with Gasteiger partial charge in [-0.1, -0.05) is 0 Å². The first kappa shape index (κ1) is 14.3. The van der Waals surface area contributed by atoms with Gasteiger partial charge in [-0.2, -0.15) is 5.10 Å². The second kappa shape index (κ2) is 6.87. The highest BCUT2D eigenvalue weighted by atomic mass is 16.5. The van der Waals surface area contributed by atoms with E-state index in [1.54, 1.807) is 0 Å². The van der Waals surface area contributed by atoms with Crippen LogP contribution < -0.4 is 5.32 Å². The van der Waals surface area contributed by atoms with Crippen molar-refractivity contribution in [1.29, 1.82) is 0 Å². The molecule has 0 radical (unpaired) electrons. The van der Waals surface area contributed by atoms with Crippen molar-refractivity contribution in [2.75, 3.05) is 19.7 Å². The molecule has 0 atom stereocenters. The van der Waals surface area contributed by atoms with E-state index in [1.807, 2.05) is 23.4 Å². The molecule has 0 saturated carbocycles. The molecule has 3 rings (SSSR count). The second-order valence-electron chi connectivity index (χ2n) is 5.38. The van der Waals surface area contributed by atoms with Gasteiger partial charge in [-0.05, 0) is 32.9 Å². The predicted molar refractivity (Wildman–Crippen MR) is 81.0 cm³/mol. The molecule has 0 spiro atoms. The van der Waals surface area contributed by atoms with Gasteiger partial charge < -0.3 is 14.6 Å². The summed E-state index contributed by atoms with van der Waals surface area (Å²) in [5.41, 5.74) is 2.21. The van der Waals surface area contributed by atoms with Crippen LogP contribution in [0.4, 0.5) is 0 Å². The Morgan fingerprint density at radius 3 is 2.95 bits per heavy atom. The Morgan fingerprint density at radius 1 is 1.33 bits per heavy atom. The lowest BCUT2D eigenvalue weighted by atomic mass is 10.1. The maximum Gasteiger partial charge on any atom is 0.0951 e. The Morgan fingerprint density at radius 2 is 2.19 bits per heavy atom. The zero-order chi connectivity index (χ0) is 14.5. The van der Waals surface area contributed by atoms with E-state index < -0.39 is 0 Å². The number of piperidine rings is 1. The zero-order valence-electron chi connectivity index (χ0n) is 12.5. The average molecular weight is 289 g/mol. The Bertz CT molecular complexity index is 556. The van der Waals surface area contributed by atoms with Crippen molar-refractivity contribution in [3.63, 3.8) is 0 Å². The number of nitrogens with zero attached hydrogens (tertiary/aromatic N) is 4. The number of aryl methyl sites for hydroxylation is 1. The molecule has 1 fully saturated rings. The molecule has 3 heterocycles. The fraction of sp³-hybridized carbons (Fsp3) is 0.600. The average Bonchev–Trinajstić information content (AvgIpc) is 3.16. The van der Waals surface area contributed by atoms with E-state index in [9.17, 15) is 0 Å². The summed E-state index contributed by atoms with van der Waals surface area (Å²) in [6.07, 6.45) is 10.3. The molecule has 0 unspecified atom stereocenters. The maximum absolute atomic E-state index is 5.96. The van der Waals surface area contributed by atoms with Gasteiger partial charge in [-0.3, -0.25) is 4.68 Å². The fourth-order valence-electron chi connectivity index (χ4n) is 2.69. The minimum atomic E-state index is 0.404. The largest absolute Gasteiger partial charge is 0.376 e. The van der Waals surface area contributed by atoms with E-state index >= 15 is 0 Å². The highest BCUT2D eigenvalue weighted by molar-refractivity contribution is 5.56. The molecule has 2 aromatic heterocycles. The Labute approximate surface area is 125 Å². The van der Waals surface area contributed by atoms with E-state index in [0.29, 0.717) is 6.10 Å². The molecule has 1 aliphatic heterocycles. The third kappa shape index (κ3) is 3.51. The number of nitrogens with one attached hydrogen (secondary N) is 1. The van der Waals surface area contributed by atoms with Crippen LogP contribution in [-0.4, -0.2) is 45.1 Å². The SMILES string of the molecule is CCn1cc(-c2cncn2CCOC2CCNCC2)cn1. The molecule has 1 saturated heterocycles. The van der Waals surface area contributed by atoms with Gasteiger partial charge in [-0.15, -0.1) is 0 Å². The van der Waals surface area contributed by atoms with Crippen LogP contribution in [0.2, 0.25) is 0 Å². The molecule has 0 bridgehead atoms. The first-order valence-corrected chi connectivity index (χ1v) is 7.72. The minimum Gasteiger partial charge on any atom is -0.376 e. The van der Waals surface area contributed by atoms with Gasteiger partial charge >= 0.3 is 0 Å². The number of rotatable bonds is 6. The van der Waals surface area contributed by atoms with Gasteiger partial charge in [0.25, 0.3) is 0 Å². The number of ether oxygens (including phenoxy) is 1. The zero-order valence-corrected chi connectivity index (χ0v) is 12.5. The van der Waals surface area contributed by atoms with Crippen LogP contribution >= 0.6 is 0 Å². The van der Waals surface area contributed by atoms with E-state index in [2.05, 4.69) is 33.1 Å². The molecule has 21 heavy (non-hydrogen) atoms. The molecular formula is C15H23N5O. The van der Waals surface area contributed by atoms with Crippen molar-refractivity contribution in [2.24, 2.45) is 0 Å². The smallest absolute Gasteiger partial charge is 0.0951 e. The van der Waals surface area contributed by atoms with Gasteiger partial charge in [0.05, 0.1) is 37.1 Å². The lowest BCUT2D eigenvalue weighted by Crippen LogP contribution is -2.33. The molecule has 0 amide bonds. The molecule has 0 aliphatic carbocycles. The fourth-order valence-corrected chi connectivity index (χ4v) is 2.69. The van der Waals surface area contributed by atoms with Crippen molar-refractivity contribution in [3.05, 3.63) is 24.9 Å².